The van der Waals surface area contributed by atoms with E-state index in [9.17, 15) is 0 Å². The van der Waals surface area contributed by atoms with Crippen molar-refractivity contribution in [3.63, 3.8) is 0 Å². The van der Waals surface area contributed by atoms with Gasteiger partial charge >= 0.3 is 0 Å². The number of pyridine rings is 1. The van der Waals surface area contributed by atoms with Gasteiger partial charge in [-0.25, -0.2) is 4.98 Å². The molecule has 20 heavy (non-hydrogen) atoms. The molecule has 1 heterocycles. The Morgan fingerprint density at radius 2 is 1.75 bits per heavy atom. The molecule has 4 nitrogen and oxygen atoms in total. The van der Waals surface area contributed by atoms with Crippen molar-refractivity contribution in [3.8, 4) is 22.8 Å². The van der Waals surface area contributed by atoms with E-state index < -0.39 is 0 Å². The Morgan fingerprint density at radius 1 is 1.05 bits per heavy atom. The molecular formula is C16H20N2O2. The first-order chi connectivity index (χ1) is 9.76. The molecule has 0 amide bonds. The van der Waals surface area contributed by atoms with Crippen LogP contribution >= 0.6 is 0 Å². The lowest BCUT2D eigenvalue weighted by Crippen LogP contribution is -2.02. The SMILES string of the molecule is CCCNc1cccc(-c2cc(OC)cc(OC)c2)n1. The number of nitrogens with one attached hydrogen (secondary N) is 1. The molecule has 0 saturated carbocycles. The standard InChI is InChI=1S/C16H20N2O2/c1-4-8-17-16-7-5-6-15(18-16)12-9-13(19-2)11-14(10-12)20-3/h5-7,9-11H,4,8H2,1-3H3,(H,17,18). The summed E-state index contributed by atoms with van der Waals surface area (Å²) in [6.45, 7) is 3.04. The molecule has 2 aromatic rings. The molecule has 1 N–H and O–H groups in total. The molecule has 0 spiro atoms. The highest BCUT2D eigenvalue weighted by atomic mass is 16.5. The number of aromatic nitrogens is 1. The molecule has 0 aliphatic carbocycles. The first-order valence-corrected chi connectivity index (χ1v) is 6.71. The van der Waals surface area contributed by atoms with E-state index in [1.165, 1.54) is 0 Å². The molecule has 0 aliphatic heterocycles. The molecule has 4 heteroatoms. The molecule has 0 saturated heterocycles. The molecule has 2 rings (SSSR count). The van der Waals surface area contributed by atoms with Crippen molar-refractivity contribution in [1.29, 1.82) is 0 Å². The van der Waals surface area contributed by atoms with E-state index in [2.05, 4.69) is 17.2 Å². The Bertz CT molecular complexity index is 548. The first kappa shape index (κ1) is 14.2. The molecule has 0 unspecified atom stereocenters. The van der Waals surface area contributed by atoms with Crippen LogP contribution in [0.25, 0.3) is 11.3 Å². The number of anilines is 1. The van der Waals surface area contributed by atoms with Gasteiger partial charge in [-0.15, -0.1) is 0 Å². The van der Waals surface area contributed by atoms with Gasteiger partial charge in [0.15, 0.2) is 0 Å². The average Bonchev–Trinajstić information content (AvgIpc) is 2.52. The molecule has 106 valence electrons. The lowest BCUT2D eigenvalue weighted by molar-refractivity contribution is 0.394. The monoisotopic (exact) mass is 272 g/mol. The van der Waals surface area contributed by atoms with Crippen molar-refractivity contribution in [1.82, 2.24) is 4.98 Å². The summed E-state index contributed by atoms with van der Waals surface area (Å²) in [5.74, 6) is 2.40. The zero-order valence-corrected chi connectivity index (χ0v) is 12.1. The first-order valence-electron chi connectivity index (χ1n) is 6.71. The number of methoxy groups -OCH3 is 2. The van der Waals surface area contributed by atoms with Crippen LogP contribution in [-0.4, -0.2) is 25.7 Å². The highest BCUT2D eigenvalue weighted by molar-refractivity contribution is 5.65. The van der Waals surface area contributed by atoms with Gasteiger partial charge in [-0.3, -0.25) is 0 Å². The van der Waals surface area contributed by atoms with Crippen LogP contribution in [0.2, 0.25) is 0 Å². The van der Waals surface area contributed by atoms with Crippen LogP contribution in [0.15, 0.2) is 36.4 Å². The normalized spacial score (nSPS) is 10.2. The Labute approximate surface area is 119 Å². The van der Waals surface area contributed by atoms with Gasteiger partial charge in [-0.1, -0.05) is 13.0 Å². The van der Waals surface area contributed by atoms with Gasteiger partial charge in [0.05, 0.1) is 19.9 Å². The maximum atomic E-state index is 5.29. The third kappa shape index (κ3) is 3.41. The predicted octanol–water partition coefficient (Wildman–Crippen LogP) is 3.59. The minimum Gasteiger partial charge on any atom is -0.497 e. The maximum Gasteiger partial charge on any atom is 0.126 e. The van der Waals surface area contributed by atoms with E-state index in [0.717, 1.165) is 41.5 Å². The second-order valence-electron chi connectivity index (χ2n) is 4.44. The van der Waals surface area contributed by atoms with Crippen LogP contribution < -0.4 is 14.8 Å². The molecule has 0 atom stereocenters. The van der Waals surface area contributed by atoms with Gasteiger partial charge in [0.2, 0.25) is 0 Å². The van der Waals surface area contributed by atoms with Gasteiger partial charge in [0, 0.05) is 18.2 Å². The van der Waals surface area contributed by atoms with Crippen LogP contribution in [0.3, 0.4) is 0 Å². The fraction of sp³-hybridized carbons (Fsp3) is 0.312. The highest BCUT2D eigenvalue weighted by Gasteiger charge is 2.06. The number of hydrogen-bond acceptors (Lipinski definition) is 4. The van der Waals surface area contributed by atoms with Crippen LogP contribution in [0, 0.1) is 0 Å². The van der Waals surface area contributed by atoms with Crippen molar-refractivity contribution in [2.45, 2.75) is 13.3 Å². The number of ether oxygens (including phenoxy) is 2. The second kappa shape index (κ2) is 6.80. The Morgan fingerprint density at radius 3 is 2.35 bits per heavy atom. The molecule has 0 fully saturated rings. The maximum absolute atomic E-state index is 5.29. The van der Waals surface area contributed by atoms with Crippen molar-refractivity contribution in [2.24, 2.45) is 0 Å². The van der Waals surface area contributed by atoms with Crippen LogP contribution in [0.1, 0.15) is 13.3 Å². The fourth-order valence-corrected chi connectivity index (χ4v) is 1.90. The Balaban J connectivity index is 2.34. The van der Waals surface area contributed by atoms with Gasteiger partial charge in [0.25, 0.3) is 0 Å². The van der Waals surface area contributed by atoms with E-state index in [1.807, 2.05) is 36.4 Å². The summed E-state index contributed by atoms with van der Waals surface area (Å²) in [4.78, 5) is 4.61. The zero-order valence-electron chi connectivity index (χ0n) is 12.1. The van der Waals surface area contributed by atoms with Crippen molar-refractivity contribution >= 4 is 5.82 Å². The van der Waals surface area contributed by atoms with Gasteiger partial charge < -0.3 is 14.8 Å². The molecular weight excluding hydrogens is 252 g/mol. The number of nitrogens with zero attached hydrogens (tertiary/aromatic N) is 1. The summed E-state index contributed by atoms with van der Waals surface area (Å²) < 4.78 is 10.6. The van der Waals surface area contributed by atoms with Crippen molar-refractivity contribution in [2.75, 3.05) is 26.1 Å². The molecule has 1 aromatic heterocycles. The zero-order chi connectivity index (χ0) is 14.4. The summed E-state index contributed by atoms with van der Waals surface area (Å²) in [5.41, 5.74) is 1.87. The third-order valence-electron chi connectivity index (χ3n) is 2.95. The number of hydrogen-bond donors (Lipinski definition) is 1. The van der Waals surface area contributed by atoms with E-state index in [1.54, 1.807) is 14.2 Å². The van der Waals surface area contributed by atoms with Crippen molar-refractivity contribution < 1.29 is 9.47 Å². The summed E-state index contributed by atoms with van der Waals surface area (Å²) >= 11 is 0. The van der Waals surface area contributed by atoms with Crippen LogP contribution in [0.4, 0.5) is 5.82 Å². The van der Waals surface area contributed by atoms with Gasteiger partial charge in [-0.2, -0.15) is 0 Å². The van der Waals surface area contributed by atoms with E-state index in [4.69, 9.17) is 9.47 Å². The topological polar surface area (TPSA) is 43.4 Å². The minimum absolute atomic E-state index is 0.757. The summed E-state index contributed by atoms with van der Waals surface area (Å²) in [6.07, 6.45) is 1.07. The molecule has 0 bridgehead atoms. The van der Waals surface area contributed by atoms with E-state index in [0.29, 0.717) is 0 Å². The average molecular weight is 272 g/mol. The molecule has 0 aliphatic rings. The Kier molecular flexibility index (Phi) is 4.82. The second-order valence-corrected chi connectivity index (χ2v) is 4.44. The van der Waals surface area contributed by atoms with Crippen LogP contribution in [0.5, 0.6) is 11.5 Å². The fourth-order valence-electron chi connectivity index (χ4n) is 1.90. The Hall–Kier alpha value is -2.23. The number of benzene rings is 1. The summed E-state index contributed by atoms with van der Waals surface area (Å²) in [5, 5.41) is 3.29. The van der Waals surface area contributed by atoms with Gasteiger partial charge in [0.1, 0.15) is 17.3 Å². The minimum atomic E-state index is 0.757. The van der Waals surface area contributed by atoms with Gasteiger partial charge in [-0.05, 0) is 30.7 Å². The van der Waals surface area contributed by atoms with E-state index >= 15 is 0 Å². The summed E-state index contributed by atoms with van der Waals surface area (Å²) in [6, 6.07) is 11.7. The van der Waals surface area contributed by atoms with E-state index in [-0.39, 0.29) is 0 Å². The summed E-state index contributed by atoms with van der Waals surface area (Å²) in [7, 11) is 3.29. The third-order valence-corrected chi connectivity index (χ3v) is 2.95. The predicted molar refractivity (Wildman–Crippen MR) is 81.6 cm³/mol. The van der Waals surface area contributed by atoms with Crippen molar-refractivity contribution in [3.05, 3.63) is 36.4 Å². The molecule has 1 aromatic carbocycles. The number of rotatable bonds is 6. The quantitative estimate of drug-likeness (QED) is 0.872. The van der Waals surface area contributed by atoms with Crippen LogP contribution in [-0.2, 0) is 0 Å². The lowest BCUT2D eigenvalue weighted by Gasteiger charge is -2.10. The smallest absolute Gasteiger partial charge is 0.126 e. The molecule has 0 radical (unpaired) electrons. The highest BCUT2D eigenvalue weighted by Crippen LogP contribution is 2.29. The lowest BCUT2D eigenvalue weighted by atomic mass is 10.1. The largest absolute Gasteiger partial charge is 0.497 e.